The fraction of sp³-hybridized carbons (Fsp3) is 0.625. The average Bonchev–Trinajstić information content (AvgIpc) is 3.18. The number of hydrogen-bond donors (Lipinski definition) is 0. The van der Waals surface area contributed by atoms with Gasteiger partial charge in [-0.25, -0.2) is 4.79 Å². The van der Waals surface area contributed by atoms with Crippen LogP contribution in [0.15, 0.2) is 18.3 Å². The third-order valence-electron chi connectivity index (χ3n) is 4.54. The summed E-state index contributed by atoms with van der Waals surface area (Å²) in [6.45, 7) is 5.68. The fourth-order valence-corrected chi connectivity index (χ4v) is 3.35. The molecular weight excluding hydrogens is 266 g/mol. The van der Waals surface area contributed by atoms with Gasteiger partial charge in [0, 0.05) is 31.9 Å². The zero-order valence-corrected chi connectivity index (χ0v) is 12.6. The monoisotopic (exact) mass is 289 g/mol. The Bertz CT molecular complexity index is 483. The van der Waals surface area contributed by atoms with Crippen LogP contribution in [0.2, 0.25) is 0 Å². The summed E-state index contributed by atoms with van der Waals surface area (Å²) in [5, 5.41) is 0. The van der Waals surface area contributed by atoms with Crippen LogP contribution in [0.5, 0.6) is 0 Å². The summed E-state index contributed by atoms with van der Waals surface area (Å²) in [4.78, 5) is 20.9. The van der Waals surface area contributed by atoms with Crippen molar-refractivity contribution in [3.8, 4) is 0 Å². The van der Waals surface area contributed by atoms with Crippen molar-refractivity contribution in [1.29, 1.82) is 0 Å². The summed E-state index contributed by atoms with van der Waals surface area (Å²) in [6, 6.07) is 4.44. The maximum Gasteiger partial charge on any atom is 0.339 e. The minimum absolute atomic E-state index is 0.329. The number of esters is 1. The number of aromatic nitrogens is 1. The molecule has 5 nitrogen and oxygen atoms in total. The van der Waals surface area contributed by atoms with E-state index in [9.17, 15) is 4.79 Å². The molecule has 3 heterocycles. The van der Waals surface area contributed by atoms with E-state index in [4.69, 9.17) is 0 Å². The average molecular weight is 289 g/mol. The first kappa shape index (κ1) is 14.5. The highest BCUT2D eigenvalue weighted by molar-refractivity contribution is 5.88. The maximum absolute atomic E-state index is 11.4. The number of likely N-dealkylation sites (tertiary alicyclic amines) is 2. The molecule has 2 saturated heterocycles. The van der Waals surface area contributed by atoms with Crippen molar-refractivity contribution in [2.45, 2.75) is 31.8 Å². The molecule has 1 atom stereocenters. The highest BCUT2D eigenvalue weighted by Crippen LogP contribution is 2.21. The van der Waals surface area contributed by atoms with Gasteiger partial charge < -0.3 is 4.74 Å². The highest BCUT2D eigenvalue weighted by atomic mass is 16.5. The molecule has 114 valence electrons. The summed E-state index contributed by atoms with van der Waals surface area (Å²) >= 11 is 0. The molecule has 1 aromatic heterocycles. The van der Waals surface area contributed by atoms with E-state index in [1.807, 2.05) is 6.07 Å². The van der Waals surface area contributed by atoms with E-state index in [2.05, 4.69) is 19.5 Å². The molecule has 0 spiro atoms. The van der Waals surface area contributed by atoms with E-state index in [-0.39, 0.29) is 5.97 Å². The predicted molar refractivity (Wildman–Crippen MR) is 80.1 cm³/mol. The number of carbonyl (C=O) groups is 1. The van der Waals surface area contributed by atoms with Gasteiger partial charge in [-0.3, -0.25) is 14.8 Å². The first-order valence-electron chi connectivity index (χ1n) is 7.76. The number of hydrogen-bond acceptors (Lipinski definition) is 5. The molecule has 0 bridgehead atoms. The number of pyridine rings is 1. The van der Waals surface area contributed by atoms with Crippen LogP contribution in [0.3, 0.4) is 0 Å². The smallest absolute Gasteiger partial charge is 0.339 e. The number of ether oxygens (including phenoxy) is 1. The minimum atomic E-state index is -0.329. The highest BCUT2D eigenvalue weighted by Gasteiger charge is 2.29. The lowest BCUT2D eigenvalue weighted by Crippen LogP contribution is -2.35. The summed E-state index contributed by atoms with van der Waals surface area (Å²) in [5.41, 5.74) is 1.53. The van der Waals surface area contributed by atoms with Gasteiger partial charge in [0.15, 0.2) is 0 Å². The lowest BCUT2D eigenvalue weighted by molar-refractivity contribution is 0.0600. The van der Waals surface area contributed by atoms with Gasteiger partial charge in [0.25, 0.3) is 0 Å². The van der Waals surface area contributed by atoms with Crippen molar-refractivity contribution in [3.63, 3.8) is 0 Å². The zero-order chi connectivity index (χ0) is 14.7. The Morgan fingerprint density at radius 1 is 1.33 bits per heavy atom. The van der Waals surface area contributed by atoms with Crippen LogP contribution >= 0.6 is 0 Å². The molecule has 2 aliphatic rings. The van der Waals surface area contributed by atoms with Gasteiger partial charge in [0.2, 0.25) is 0 Å². The minimum Gasteiger partial charge on any atom is -0.465 e. The van der Waals surface area contributed by atoms with E-state index >= 15 is 0 Å². The molecule has 1 unspecified atom stereocenters. The van der Waals surface area contributed by atoms with Crippen molar-refractivity contribution in [1.82, 2.24) is 14.8 Å². The summed E-state index contributed by atoms with van der Waals surface area (Å²) < 4.78 is 4.69. The Balaban J connectivity index is 1.53. The zero-order valence-electron chi connectivity index (χ0n) is 12.6. The number of rotatable bonds is 4. The van der Waals surface area contributed by atoms with Gasteiger partial charge in [0.05, 0.1) is 18.4 Å². The second kappa shape index (κ2) is 6.54. The second-order valence-electron chi connectivity index (χ2n) is 5.95. The lowest BCUT2D eigenvalue weighted by Gasteiger charge is -2.23. The molecule has 0 aromatic carbocycles. The van der Waals surface area contributed by atoms with Gasteiger partial charge in [-0.15, -0.1) is 0 Å². The molecule has 0 aliphatic carbocycles. The van der Waals surface area contributed by atoms with Gasteiger partial charge in [-0.05, 0) is 44.5 Å². The molecule has 1 aromatic rings. The maximum atomic E-state index is 11.4. The molecule has 0 amide bonds. The third-order valence-corrected chi connectivity index (χ3v) is 4.54. The molecule has 0 saturated carbocycles. The van der Waals surface area contributed by atoms with Gasteiger partial charge in [-0.2, -0.15) is 0 Å². The van der Waals surface area contributed by atoms with Crippen LogP contribution < -0.4 is 0 Å². The first-order chi connectivity index (χ1) is 10.3. The number of carbonyl (C=O) groups excluding carboxylic acids is 1. The normalized spacial score (nSPS) is 23.6. The molecular formula is C16H23N3O2. The van der Waals surface area contributed by atoms with Crippen LogP contribution in [0, 0.1) is 0 Å². The number of methoxy groups -OCH3 is 1. The van der Waals surface area contributed by atoms with Crippen LogP contribution in [0.4, 0.5) is 0 Å². The van der Waals surface area contributed by atoms with Crippen molar-refractivity contribution in [3.05, 3.63) is 29.6 Å². The number of nitrogens with zero attached hydrogens (tertiary/aromatic N) is 3. The Kier molecular flexibility index (Phi) is 4.51. The standard InChI is InChI=1S/C16H23N3O2/c1-21-16(20)13-4-5-14(17-10-13)11-18-9-6-15(12-18)19-7-2-3-8-19/h4-5,10,15H,2-3,6-9,11-12H2,1H3. The molecule has 0 radical (unpaired) electrons. The molecule has 5 heteroatoms. The van der Waals surface area contributed by atoms with E-state index in [0.717, 1.165) is 31.4 Å². The van der Waals surface area contributed by atoms with Gasteiger partial charge in [-0.1, -0.05) is 0 Å². The molecule has 3 rings (SSSR count). The Hall–Kier alpha value is -1.46. The van der Waals surface area contributed by atoms with Crippen molar-refractivity contribution in [2.24, 2.45) is 0 Å². The lowest BCUT2D eigenvalue weighted by atomic mass is 10.2. The molecule has 2 fully saturated rings. The summed E-state index contributed by atoms with van der Waals surface area (Å²) in [5.74, 6) is -0.329. The van der Waals surface area contributed by atoms with Crippen molar-refractivity contribution < 1.29 is 9.53 Å². The van der Waals surface area contributed by atoms with Crippen LogP contribution in [-0.4, -0.2) is 60.1 Å². The van der Waals surface area contributed by atoms with E-state index in [1.165, 1.54) is 39.5 Å². The van der Waals surface area contributed by atoms with Crippen molar-refractivity contribution >= 4 is 5.97 Å². The van der Waals surface area contributed by atoms with Crippen LogP contribution in [-0.2, 0) is 11.3 Å². The van der Waals surface area contributed by atoms with Gasteiger partial charge >= 0.3 is 5.97 Å². The first-order valence-corrected chi connectivity index (χ1v) is 7.76. The summed E-state index contributed by atoms with van der Waals surface area (Å²) in [6.07, 6.45) is 5.58. The summed E-state index contributed by atoms with van der Waals surface area (Å²) in [7, 11) is 1.39. The van der Waals surface area contributed by atoms with Crippen LogP contribution in [0.25, 0.3) is 0 Å². The van der Waals surface area contributed by atoms with Crippen molar-refractivity contribution in [2.75, 3.05) is 33.3 Å². The van der Waals surface area contributed by atoms with E-state index in [0.29, 0.717) is 5.56 Å². The predicted octanol–water partition coefficient (Wildman–Crippen LogP) is 1.54. The second-order valence-corrected chi connectivity index (χ2v) is 5.95. The molecule has 0 N–H and O–H groups in total. The molecule has 21 heavy (non-hydrogen) atoms. The largest absolute Gasteiger partial charge is 0.465 e. The Morgan fingerprint density at radius 2 is 2.14 bits per heavy atom. The third kappa shape index (κ3) is 3.41. The van der Waals surface area contributed by atoms with Crippen LogP contribution in [0.1, 0.15) is 35.3 Å². The Labute approximate surface area is 125 Å². The van der Waals surface area contributed by atoms with Gasteiger partial charge in [0.1, 0.15) is 0 Å². The van der Waals surface area contributed by atoms with E-state index < -0.39 is 0 Å². The van der Waals surface area contributed by atoms with E-state index in [1.54, 1.807) is 12.3 Å². The quantitative estimate of drug-likeness (QED) is 0.787. The topological polar surface area (TPSA) is 45.7 Å². The molecule has 2 aliphatic heterocycles. The fourth-order valence-electron chi connectivity index (χ4n) is 3.35. The SMILES string of the molecule is COC(=O)c1ccc(CN2CCC(N3CCCC3)C2)nc1. The Morgan fingerprint density at radius 3 is 2.81 bits per heavy atom.